The van der Waals surface area contributed by atoms with Crippen LogP contribution in [0.3, 0.4) is 0 Å². The average Bonchev–Trinajstić information content (AvgIpc) is 2.74. The Bertz CT molecular complexity index is 780. The van der Waals surface area contributed by atoms with Gasteiger partial charge in [0.05, 0.1) is 24.7 Å². The Labute approximate surface area is 169 Å². The molecule has 1 atom stereocenters. The van der Waals surface area contributed by atoms with Crippen LogP contribution in [0.15, 0.2) is 42.6 Å². The first kappa shape index (κ1) is 21.9. The molecule has 1 heterocycles. The van der Waals surface area contributed by atoms with Crippen LogP contribution in [0.25, 0.3) is 0 Å². The van der Waals surface area contributed by atoms with Crippen molar-refractivity contribution in [1.29, 1.82) is 0 Å². The van der Waals surface area contributed by atoms with Gasteiger partial charge < -0.3 is 19.5 Å². The SMILES string of the molecule is CCC(COC(=O)CCCOc1ccc(OC)cc1)Nc1ccc([N+](=O)[O-])cn1. The maximum atomic E-state index is 11.9. The van der Waals surface area contributed by atoms with E-state index in [1.165, 1.54) is 18.3 Å². The number of ether oxygens (including phenoxy) is 3. The van der Waals surface area contributed by atoms with Crippen molar-refractivity contribution >= 4 is 17.5 Å². The Morgan fingerprint density at radius 1 is 1.21 bits per heavy atom. The van der Waals surface area contributed by atoms with Gasteiger partial charge in [-0.1, -0.05) is 6.92 Å². The third-order valence-corrected chi connectivity index (χ3v) is 4.10. The molecule has 9 heteroatoms. The van der Waals surface area contributed by atoms with E-state index in [1.807, 2.05) is 6.92 Å². The number of hydrogen-bond acceptors (Lipinski definition) is 8. The van der Waals surface area contributed by atoms with Crippen molar-refractivity contribution in [3.63, 3.8) is 0 Å². The lowest BCUT2D eigenvalue weighted by atomic mass is 10.2. The van der Waals surface area contributed by atoms with Crippen molar-refractivity contribution in [2.45, 2.75) is 32.2 Å². The molecule has 0 aliphatic heterocycles. The van der Waals surface area contributed by atoms with Crippen LogP contribution in [0.5, 0.6) is 11.5 Å². The Morgan fingerprint density at radius 3 is 2.52 bits per heavy atom. The number of rotatable bonds is 12. The molecule has 1 N–H and O–H groups in total. The molecule has 29 heavy (non-hydrogen) atoms. The number of nitro groups is 1. The van der Waals surface area contributed by atoms with Gasteiger partial charge in [-0.3, -0.25) is 14.9 Å². The zero-order valence-electron chi connectivity index (χ0n) is 16.5. The number of aromatic nitrogens is 1. The highest BCUT2D eigenvalue weighted by atomic mass is 16.6. The molecule has 0 saturated carbocycles. The topological polar surface area (TPSA) is 113 Å². The second-order valence-corrected chi connectivity index (χ2v) is 6.22. The van der Waals surface area contributed by atoms with Gasteiger partial charge in [0.1, 0.15) is 30.1 Å². The predicted molar refractivity (Wildman–Crippen MR) is 107 cm³/mol. The normalized spacial score (nSPS) is 11.4. The van der Waals surface area contributed by atoms with Crippen molar-refractivity contribution < 1.29 is 23.9 Å². The minimum Gasteiger partial charge on any atom is -0.497 e. The first-order valence-electron chi connectivity index (χ1n) is 9.31. The van der Waals surface area contributed by atoms with E-state index in [0.29, 0.717) is 31.0 Å². The monoisotopic (exact) mass is 403 g/mol. The third kappa shape index (κ3) is 7.65. The summed E-state index contributed by atoms with van der Waals surface area (Å²) in [7, 11) is 1.60. The summed E-state index contributed by atoms with van der Waals surface area (Å²) in [5.74, 6) is 1.65. The van der Waals surface area contributed by atoms with Crippen LogP contribution in [0.2, 0.25) is 0 Å². The molecule has 0 bridgehead atoms. The van der Waals surface area contributed by atoms with Crippen LogP contribution < -0.4 is 14.8 Å². The van der Waals surface area contributed by atoms with Gasteiger partial charge in [0.25, 0.3) is 5.69 Å². The molecule has 1 aromatic heterocycles. The molecule has 0 spiro atoms. The number of nitrogens with one attached hydrogen (secondary N) is 1. The minimum atomic E-state index is -0.506. The van der Waals surface area contributed by atoms with Gasteiger partial charge >= 0.3 is 5.97 Å². The van der Waals surface area contributed by atoms with Gasteiger partial charge in [0, 0.05) is 12.5 Å². The van der Waals surface area contributed by atoms with Crippen molar-refractivity contribution in [2.24, 2.45) is 0 Å². The quantitative estimate of drug-likeness (QED) is 0.248. The van der Waals surface area contributed by atoms with Gasteiger partial charge in [0.2, 0.25) is 0 Å². The minimum absolute atomic E-state index is 0.0770. The van der Waals surface area contributed by atoms with E-state index in [0.717, 1.165) is 5.75 Å². The lowest BCUT2D eigenvalue weighted by Crippen LogP contribution is -2.26. The number of esters is 1. The van der Waals surface area contributed by atoms with E-state index < -0.39 is 4.92 Å². The maximum absolute atomic E-state index is 11.9. The zero-order chi connectivity index (χ0) is 21.1. The number of methoxy groups -OCH3 is 1. The molecule has 0 aliphatic carbocycles. The first-order valence-corrected chi connectivity index (χ1v) is 9.31. The summed E-state index contributed by atoms with van der Waals surface area (Å²) in [5.41, 5.74) is -0.0770. The van der Waals surface area contributed by atoms with Crippen molar-refractivity contribution in [1.82, 2.24) is 4.98 Å². The number of benzene rings is 1. The lowest BCUT2D eigenvalue weighted by molar-refractivity contribution is -0.385. The Kier molecular flexibility index (Phi) is 8.68. The van der Waals surface area contributed by atoms with Crippen LogP contribution in [0.4, 0.5) is 11.5 Å². The molecule has 2 rings (SSSR count). The largest absolute Gasteiger partial charge is 0.497 e. The number of hydrogen-bond donors (Lipinski definition) is 1. The summed E-state index contributed by atoms with van der Waals surface area (Å²) < 4.78 is 16.0. The molecule has 1 aromatic carbocycles. The van der Waals surface area contributed by atoms with E-state index in [-0.39, 0.29) is 30.7 Å². The predicted octanol–water partition coefficient (Wildman–Crippen LogP) is 3.59. The second-order valence-electron chi connectivity index (χ2n) is 6.22. The highest BCUT2D eigenvalue weighted by Crippen LogP contribution is 2.17. The summed E-state index contributed by atoms with van der Waals surface area (Å²) in [5, 5.41) is 13.8. The fraction of sp³-hybridized carbons (Fsp3) is 0.400. The van der Waals surface area contributed by atoms with Crippen molar-refractivity contribution in [2.75, 3.05) is 25.6 Å². The van der Waals surface area contributed by atoms with Crippen LogP contribution in [0.1, 0.15) is 26.2 Å². The van der Waals surface area contributed by atoms with Gasteiger partial charge in [-0.05, 0) is 43.2 Å². The fourth-order valence-electron chi connectivity index (χ4n) is 2.39. The second kappa shape index (κ2) is 11.5. The molecule has 0 aliphatic rings. The Morgan fingerprint density at radius 2 is 1.93 bits per heavy atom. The number of carbonyl (C=O) groups excluding carboxylic acids is 1. The summed E-state index contributed by atoms with van der Waals surface area (Å²) in [6, 6.07) is 9.99. The smallest absolute Gasteiger partial charge is 0.305 e. The number of carbonyl (C=O) groups is 1. The number of nitrogens with zero attached hydrogens (tertiary/aromatic N) is 2. The van der Waals surface area contributed by atoms with Gasteiger partial charge in [-0.15, -0.1) is 0 Å². The van der Waals surface area contributed by atoms with Crippen LogP contribution in [0, 0.1) is 10.1 Å². The van der Waals surface area contributed by atoms with Crippen LogP contribution in [-0.2, 0) is 9.53 Å². The number of anilines is 1. The summed E-state index contributed by atoms with van der Waals surface area (Å²) in [4.78, 5) is 26.1. The van der Waals surface area contributed by atoms with Crippen LogP contribution >= 0.6 is 0 Å². The molecule has 0 amide bonds. The zero-order valence-corrected chi connectivity index (χ0v) is 16.5. The Balaban J connectivity index is 1.66. The molecule has 0 saturated heterocycles. The molecular formula is C20H25N3O6. The van der Waals surface area contributed by atoms with Crippen LogP contribution in [-0.4, -0.2) is 42.2 Å². The fourth-order valence-corrected chi connectivity index (χ4v) is 2.39. The van der Waals surface area contributed by atoms with Gasteiger partial charge in [0.15, 0.2) is 0 Å². The third-order valence-electron chi connectivity index (χ3n) is 4.10. The van der Waals surface area contributed by atoms with E-state index >= 15 is 0 Å². The number of pyridine rings is 1. The maximum Gasteiger partial charge on any atom is 0.305 e. The summed E-state index contributed by atoms with van der Waals surface area (Å²) >= 11 is 0. The highest BCUT2D eigenvalue weighted by molar-refractivity contribution is 5.69. The molecule has 1 unspecified atom stereocenters. The van der Waals surface area contributed by atoms with E-state index in [1.54, 1.807) is 31.4 Å². The Hall–Kier alpha value is -3.36. The average molecular weight is 403 g/mol. The van der Waals surface area contributed by atoms with Gasteiger partial charge in [-0.2, -0.15) is 0 Å². The van der Waals surface area contributed by atoms with Gasteiger partial charge in [-0.25, -0.2) is 4.98 Å². The lowest BCUT2D eigenvalue weighted by Gasteiger charge is -2.17. The van der Waals surface area contributed by atoms with E-state index in [4.69, 9.17) is 14.2 Å². The van der Waals surface area contributed by atoms with Crippen molar-refractivity contribution in [3.05, 3.63) is 52.7 Å². The molecule has 0 fully saturated rings. The summed E-state index contributed by atoms with van der Waals surface area (Å²) in [6.07, 6.45) is 2.68. The van der Waals surface area contributed by atoms with E-state index in [9.17, 15) is 14.9 Å². The molecule has 9 nitrogen and oxygen atoms in total. The molecular weight excluding hydrogens is 378 g/mol. The highest BCUT2D eigenvalue weighted by Gasteiger charge is 2.12. The standard InChI is InChI=1S/C20H25N3O6/c1-3-15(22-19-11-6-16(13-21-19)23(25)26)14-29-20(24)5-4-12-28-18-9-7-17(27-2)8-10-18/h6-11,13,15H,3-5,12,14H2,1-2H3,(H,21,22). The molecule has 156 valence electrons. The first-order chi connectivity index (χ1) is 14.0. The molecule has 2 aromatic rings. The molecule has 0 radical (unpaired) electrons. The van der Waals surface area contributed by atoms with E-state index in [2.05, 4.69) is 10.3 Å². The summed E-state index contributed by atoms with van der Waals surface area (Å²) in [6.45, 7) is 2.54. The van der Waals surface area contributed by atoms with Crippen molar-refractivity contribution in [3.8, 4) is 11.5 Å².